The van der Waals surface area contributed by atoms with Crippen molar-refractivity contribution in [2.75, 3.05) is 13.2 Å². The van der Waals surface area contributed by atoms with Gasteiger partial charge in [0.1, 0.15) is 0 Å². The summed E-state index contributed by atoms with van der Waals surface area (Å²) < 4.78 is 60.8. The molecule has 11 nitrogen and oxygen atoms in total. The minimum atomic E-state index is -4.30. The molecular weight excluding hydrogens is 415 g/mol. The predicted molar refractivity (Wildman–Crippen MR) is 70.2 cm³/mol. The Labute approximate surface area is 218 Å². The van der Waals surface area contributed by atoms with Crippen molar-refractivity contribution in [2.24, 2.45) is 11.8 Å². The van der Waals surface area contributed by atoms with Gasteiger partial charge in [-0.1, -0.05) is 13.8 Å². The average Bonchev–Trinajstić information content (AvgIpc) is 2.42. The molecule has 124 valence electrons. The van der Waals surface area contributed by atoms with E-state index in [1.807, 2.05) is 0 Å². The molecule has 0 radical (unpaired) electrons. The summed E-state index contributed by atoms with van der Waals surface area (Å²) in [6, 6.07) is 0. The first-order valence-corrected chi connectivity index (χ1v) is 9.49. The molecule has 0 aromatic carbocycles. The zero-order valence-electron chi connectivity index (χ0n) is 15.0. The fourth-order valence-corrected chi connectivity index (χ4v) is 4.04. The second kappa shape index (κ2) is 16.7. The van der Waals surface area contributed by atoms with Crippen LogP contribution in [-0.2, 0) is 40.6 Å². The molecule has 0 fully saturated rings. The van der Waals surface area contributed by atoms with Crippen LogP contribution in [0.3, 0.4) is 0 Å². The van der Waals surface area contributed by atoms with Crippen molar-refractivity contribution in [3.05, 3.63) is 0 Å². The van der Waals surface area contributed by atoms with Gasteiger partial charge in [-0.2, -0.15) is 9.25 Å². The van der Waals surface area contributed by atoms with E-state index in [-0.39, 0.29) is 119 Å². The molecule has 0 amide bonds. The van der Waals surface area contributed by atoms with E-state index in [9.17, 15) is 13.7 Å². The topological polar surface area (TPSA) is 159 Å². The van der Waals surface area contributed by atoms with Crippen molar-refractivity contribution >= 4 is 23.9 Å². The van der Waals surface area contributed by atoms with Crippen LogP contribution in [-0.4, -0.2) is 13.2 Å². The molecule has 0 saturated carbocycles. The number of phosphoric acid groups is 2. The smallest absolute Gasteiger partial charge is 1.00 e. The normalized spacial score (nSPS) is 16.6. The van der Waals surface area contributed by atoms with Gasteiger partial charge in [0.25, 0.3) is 0 Å². The van der Waals surface area contributed by atoms with Crippen molar-refractivity contribution in [3.8, 4) is 0 Å². The second-order valence-electron chi connectivity index (χ2n) is 3.16. The maximum Gasteiger partial charge on any atom is 1.00 e. The van der Waals surface area contributed by atoms with E-state index in [2.05, 4.69) is 26.9 Å². The van der Waals surface area contributed by atoms with E-state index in [1.54, 1.807) is 13.8 Å². The molecule has 0 aliphatic carbocycles. The summed E-state index contributed by atoms with van der Waals surface area (Å²) in [5, 5.41) is 0. The minimum absolute atomic E-state index is 0. The molecule has 0 bridgehead atoms. The molecule has 22 heavy (non-hydrogen) atoms. The molecule has 0 spiro atoms. The third-order valence-electron chi connectivity index (χ3n) is 1.50. The van der Waals surface area contributed by atoms with Crippen LogP contribution >= 0.6 is 23.9 Å². The first kappa shape index (κ1) is 30.2. The van der Waals surface area contributed by atoms with Crippen LogP contribution < -0.4 is 115 Å². The fourth-order valence-electron chi connectivity index (χ4n) is 0.731. The monoisotopic (exact) mass is 435 g/mol. The average molecular weight is 435 g/mol. The van der Waals surface area contributed by atoms with Crippen molar-refractivity contribution < 1.29 is 146 Å². The van der Waals surface area contributed by atoms with Crippen LogP contribution in [0.25, 0.3) is 0 Å². The first-order chi connectivity index (χ1) is 9.34. The molecule has 2 atom stereocenters. The van der Waals surface area contributed by atoms with Gasteiger partial charge in [-0.25, -0.2) is 20.9 Å². The van der Waals surface area contributed by atoms with Crippen molar-refractivity contribution in [1.82, 2.24) is 0 Å². The van der Waals surface area contributed by atoms with Crippen LogP contribution in [0.1, 0.15) is 29.5 Å². The van der Waals surface area contributed by atoms with E-state index in [1.165, 1.54) is 0 Å². The maximum absolute atomic E-state index is 11.7. The van der Waals surface area contributed by atoms with Gasteiger partial charge in [0, 0.05) is 4.57 Å². The fraction of sp³-hybridized carbons (Fsp3) is 1.00. The van der Waals surface area contributed by atoms with E-state index in [0.717, 1.165) is 0 Å². The van der Waals surface area contributed by atoms with Gasteiger partial charge in [0.15, 0.2) is 0 Å². The van der Waals surface area contributed by atoms with Crippen LogP contribution in [0.5, 0.6) is 0 Å². The third-order valence-corrected chi connectivity index (χ3v) is 5.68. The Morgan fingerprint density at radius 2 is 1.23 bits per heavy atom. The summed E-state index contributed by atoms with van der Waals surface area (Å²) in [5.41, 5.74) is 0. The van der Waals surface area contributed by atoms with Crippen LogP contribution in [0.2, 0.25) is 0 Å². The van der Waals surface area contributed by atoms with E-state index >= 15 is 0 Å². The summed E-state index contributed by atoms with van der Waals surface area (Å²) in [6.07, 6.45) is 0.941. The van der Waals surface area contributed by atoms with Crippen molar-refractivity contribution in [3.63, 3.8) is 0 Å². The molecule has 2 unspecified atom stereocenters. The van der Waals surface area contributed by atoms with Gasteiger partial charge in [0.05, 0.1) is 13.2 Å². The summed E-state index contributed by atoms with van der Waals surface area (Å²) in [5.74, 6) is 9.44. The SMILES string of the molecule is CCCOP(=O)(ON)O[P+](=O)OP(=O)(ON)OCCC.[H-].[H-].[K+].[K+]. The van der Waals surface area contributed by atoms with Crippen LogP contribution in [0.4, 0.5) is 0 Å². The Kier molecular flexibility index (Phi) is 22.9. The van der Waals surface area contributed by atoms with Crippen LogP contribution in [0.15, 0.2) is 0 Å². The number of hydrogen-bond donors (Lipinski definition) is 2. The largest absolute Gasteiger partial charge is 1.00 e. The number of nitrogens with two attached hydrogens (primary N) is 2. The van der Waals surface area contributed by atoms with Crippen LogP contribution in [0, 0.1) is 0 Å². The molecule has 16 heteroatoms. The Balaban J connectivity index is -0.000000301. The van der Waals surface area contributed by atoms with E-state index in [4.69, 9.17) is 11.8 Å². The summed E-state index contributed by atoms with van der Waals surface area (Å²) in [7, 11) is -11.8. The van der Waals surface area contributed by atoms with E-state index in [0.29, 0.717) is 12.8 Å². The zero-order chi connectivity index (χ0) is 15.6. The Morgan fingerprint density at radius 3 is 1.45 bits per heavy atom. The van der Waals surface area contributed by atoms with Crippen molar-refractivity contribution in [2.45, 2.75) is 26.7 Å². The van der Waals surface area contributed by atoms with Gasteiger partial charge in [-0.3, -0.25) is 9.05 Å². The summed E-state index contributed by atoms with van der Waals surface area (Å²) in [4.78, 5) is 0. The standard InChI is InChI=1S/C6H18N2O9P3.2K.2H/c1-3-5-12-19(10,14-7)16-18(9)17-20(11,15-8)13-6-4-2;;;;/h3-8H2,1-2H3;;;;/q3*+1;2*-1. The maximum atomic E-state index is 11.7. The molecule has 4 N–H and O–H groups in total. The molecule has 0 rings (SSSR count). The Hall–Kier alpha value is 3.51. The molecule has 0 saturated heterocycles. The van der Waals surface area contributed by atoms with Gasteiger partial charge in [0.2, 0.25) is 0 Å². The number of rotatable bonds is 12. The first-order valence-electron chi connectivity index (χ1n) is 5.47. The van der Waals surface area contributed by atoms with Gasteiger partial charge < -0.3 is 2.85 Å². The predicted octanol–water partition coefficient (Wildman–Crippen LogP) is -3.24. The summed E-state index contributed by atoms with van der Waals surface area (Å²) >= 11 is 0. The molecule has 0 heterocycles. The second-order valence-corrected chi connectivity index (χ2v) is 7.64. The molecular formula is C6H20K2N2O9P3+. The quantitative estimate of drug-likeness (QED) is 0.180. The van der Waals surface area contributed by atoms with Gasteiger partial charge in [-0.15, -0.1) is 0 Å². The summed E-state index contributed by atoms with van der Waals surface area (Å²) in [6.45, 7) is 3.36. The Bertz CT molecular complexity index is 377. The number of hydrogen-bond acceptors (Lipinski definition) is 11. The van der Waals surface area contributed by atoms with Gasteiger partial charge >= 0.3 is 127 Å². The third kappa shape index (κ3) is 13.7. The molecule has 0 aromatic rings. The van der Waals surface area contributed by atoms with Crippen molar-refractivity contribution in [1.29, 1.82) is 0 Å². The molecule has 0 aliphatic rings. The minimum Gasteiger partial charge on any atom is -1.00 e. The van der Waals surface area contributed by atoms with E-state index < -0.39 is 23.9 Å². The Morgan fingerprint density at radius 1 is 0.909 bits per heavy atom. The molecule has 0 aromatic heterocycles. The zero-order valence-corrected chi connectivity index (χ0v) is 21.9. The van der Waals surface area contributed by atoms with Gasteiger partial charge in [-0.05, 0) is 21.5 Å². The molecule has 0 aliphatic heterocycles.